The predicted molar refractivity (Wildman–Crippen MR) is 129 cm³/mol. The van der Waals surface area contributed by atoms with Crippen molar-refractivity contribution in [2.75, 3.05) is 32.9 Å². The van der Waals surface area contributed by atoms with Gasteiger partial charge in [0.05, 0.1) is 10.7 Å². The van der Waals surface area contributed by atoms with Gasteiger partial charge in [-0.15, -0.1) is 0 Å². The Bertz CT molecular complexity index is 1400. The average molecular weight is 534 g/mol. The van der Waals surface area contributed by atoms with Crippen LogP contribution >= 0.6 is 11.6 Å². The Morgan fingerprint density at radius 1 is 1.18 bits per heavy atom. The molecule has 0 bridgehead atoms. The van der Waals surface area contributed by atoms with Crippen LogP contribution < -0.4 is 66.5 Å². The molecule has 1 N–H and O–H groups in total. The van der Waals surface area contributed by atoms with Gasteiger partial charge in [0.25, 0.3) is 0 Å². The second kappa shape index (κ2) is 11.5. The van der Waals surface area contributed by atoms with Gasteiger partial charge in [-0.25, -0.2) is 9.59 Å². The number of aryl methyl sites for hydroxylation is 1. The SMILES string of the molecule is Cc1c(Cc2cccc(NS(=O)(=O)N(C)C)c2)c(=O)oc2cc(OC(=O)N(C)C)c(Cl)cc12.[H-].[K+]. The Kier molecular flexibility index (Phi) is 9.76. The molecule has 2 aromatic carbocycles. The number of amides is 1. The minimum Gasteiger partial charge on any atom is -1.00 e. The fraction of sp³-hybridized carbons (Fsp3) is 0.273. The van der Waals surface area contributed by atoms with Crippen molar-refractivity contribution < 1.29 is 75.2 Å². The molecule has 12 heteroatoms. The number of anilines is 1. The van der Waals surface area contributed by atoms with E-state index in [4.69, 9.17) is 20.8 Å². The van der Waals surface area contributed by atoms with Gasteiger partial charge >= 0.3 is 73.3 Å². The molecule has 1 amide bonds. The third-order valence-corrected chi connectivity index (χ3v) is 6.69. The summed E-state index contributed by atoms with van der Waals surface area (Å²) in [4.78, 5) is 25.9. The van der Waals surface area contributed by atoms with Gasteiger partial charge in [0.1, 0.15) is 5.58 Å². The van der Waals surface area contributed by atoms with Crippen LogP contribution in [0.2, 0.25) is 5.02 Å². The molecule has 0 unspecified atom stereocenters. The quantitative estimate of drug-likeness (QED) is 0.370. The van der Waals surface area contributed by atoms with Crippen LogP contribution in [0.5, 0.6) is 5.75 Å². The van der Waals surface area contributed by atoms with Gasteiger partial charge in [0.15, 0.2) is 5.75 Å². The molecule has 9 nitrogen and oxygen atoms in total. The number of rotatable bonds is 6. The first-order chi connectivity index (χ1) is 15.4. The van der Waals surface area contributed by atoms with Gasteiger partial charge < -0.3 is 15.5 Å². The summed E-state index contributed by atoms with van der Waals surface area (Å²) in [6, 6.07) is 9.75. The van der Waals surface area contributed by atoms with Crippen LogP contribution in [-0.4, -0.2) is 51.9 Å². The molecule has 0 radical (unpaired) electrons. The fourth-order valence-electron chi connectivity index (χ4n) is 3.05. The standard InChI is InChI=1S/C22H24ClN3O6S.K.H/c1-13-16-11-18(23)20(32-22(28)25(2)3)12-19(16)31-21(27)17(13)10-14-7-6-8-15(9-14)24-33(29,30)26(4)5;;/h6-9,11-12,24H,10H2,1-5H3;;/q;+1;-1. The van der Waals surface area contributed by atoms with Crippen molar-refractivity contribution in [1.29, 1.82) is 0 Å². The number of hydrogen-bond acceptors (Lipinski definition) is 6. The van der Waals surface area contributed by atoms with E-state index in [1.807, 2.05) is 0 Å². The third kappa shape index (κ3) is 6.61. The smallest absolute Gasteiger partial charge is 1.00 e. The molecule has 0 saturated heterocycles. The first kappa shape index (κ1) is 28.8. The van der Waals surface area contributed by atoms with Crippen LogP contribution in [0.15, 0.2) is 45.6 Å². The molecule has 3 aromatic rings. The molecular weight excluding hydrogens is 509 g/mol. The normalized spacial score (nSPS) is 11.3. The zero-order valence-corrected chi connectivity index (χ0v) is 24.5. The van der Waals surface area contributed by atoms with Crippen LogP contribution in [0.3, 0.4) is 0 Å². The molecule has 0 spiro atoms. The van der Waals surface area contributed by atoms with Crippen molar-refractivity contribution in [3.8, 4) is 5.75 Å². The largest absolute Gasteiger partial charge is 1.00 e. The Morgan fingerprint density at radius 3 is 2.47 bits per heavy atom. The molecular formula is C22H25ClKN3O6S. The van der Waals surface area contributed by atoms with Crippen molar-refractivity contribution in [3.05, 3.63) is 68.5 Å². The third-order valence-electron chi connectivity index (χ3n) is 4.94. The second-order valence-corrected chi connectivity index (χ2v) is 10.1. The fourth-order valence-corrected chi connectivity index (χ4v) is 3.86. The van der Waals surface area contributed by atoms with Crippen LogP contribution in [0, 0.1) is 6.92 Å². The van der Waals surface area contributed by atoms with Gasteiger partial charge in [-0.3, -0.25) is 4.72 Å². The van der Waals surface area contributed by atoms with Crippen molar-refractivity contribution >= 4 is 44.6 Å². The number of hydrogen-bond donors (Lipinski definition) is 1. The van der Waals surface area contributed by atoms with Crippen LogP contribution in [0.1, 0.15) is 18.1 Å². The summed E-state index contributed by atoms with van der Waals surface area (Å²) < 4.78 is 38.4. The van der Waals surface area contributed by atoms with Crippen molar-refractivity contribution in [3.63, 3.8) is 0 Å². The number of ether oxygens (including phenoxy) is 1. The number of carbonyl (C=O) groups is 1. The van der Waals surface area contributed by atoms with E-state index in [0.717, 1.165) is 4.31 Å². The topological polar surface area (TPSA) is 109 Å². The summed E-state index contributed by atoms with van der Waals surface area (Å²) in [7, 11) is 2.26. The molecule has 0 atom stereocenters. The van der Waals surface area contributed by atoms with Gasteiger partial charge in [0, 0.05) is 51.6 Å². The maximum Gasteiger partial charge on any atom is 1.00 e. The molecule has 178 valence electrons. The van der Waals surface area contributed by atoms with Gasteiger partial charge in [-0.2, -0.15) is 12.7 Å². The minimum atomic E-state index is -3.66. The van der Waals surface area contributed by atoms with E-state index in [-0.39, 0.29) is 75.6 Å². The molecule has 34 heavy (non-hydrogen) atoms. The summed E-state index contributed by atoms with van der Waals surface area (Å²) in [5.41, 5.74) is 1.84. The van der Waals surface area contributed by atoms with E-state index in [2.05, 4.69) is 4.72 Å². The molecule has 0 aliphatic rings. The number of fused-ring (bicyclic) bond motifs is 1. The zero-order valence-electron chi connectivity index (χ0n) is 20.8. The van der Waals surface area contributed by atoms with E-state index in [9.17, 15) is 18.0 Å². The number of nitrogens with zero attached hydrogens (tertiary/aromatic N) is 2. The maximum absolute atomic E-state index is 12.8. The summed E-state index contributed by atoms with van der Waals surface area (Å²) in [5.74, 6) is 0.0824. The van der Waals surface area contributed by atoms with Crippen molar-refractivity contribution in [2.24, 2.45) is 0 Å². The average Bonchev–Trinajstić information content (AvgIpc) is 2.72. The molecule has 3 rings (SSSR count). The predicted octanol–water partition coefficient (Wildman–Crippen LogP) is 0.741. The number of nitrogens with one attached hydrogen (secondary N) is 1. The second-order valence-electron chi connectivity index (χ2n) is 7.80. The van der Waals surface area contributed by atoms with E-state index in [0.29, 0.717) is 27.8 Å². The van der Waals surface area contributed by atoms with E-state index in [1.165, 1.54) is 39.2 Å². The number of carbonyl (C=O) groups excluding carboxylic acids is 1. The first-order valence-electron chi connectivity index (χ1n) is 9.83. The Balaban J connectivity index is 0.00000306. The van der Waals surface area contributed by atoms with E-state index < -0.39 is 21.9 Å². The summed E-state index contributed by atoms with van der Waals surface area (Å²) in [6.45, 7) is 1.77. The summed E-state index contributed by atoms with van der Waals surface area (Å²) >= 11 is 6.30. The molecule has 0 aliphatic carbocycles. The van der Waals surface area contributed by atoms with Crippen molar-refractivity contribution in [2.45, 2.75) is 13.3 Å². The number of halogens is 1. The van der Waals surface area contributed by atoms with Crippen LogP contribution in [-0.2, 0) is 16.6 Å². The van der Waals surface area contributed by atoms with E-state index >= 15 is 0 Å². The summed E-state index contributed by atoms with van der Waals surface area (Å²) in [5, 5.41) is 0.796. The maximum atomic E-state index is 12.8. The number of benzene rings is 2. The van der Waals surface area contributed by atoms with Gasteiger partial charge in [-0.1, -0.05) is 23.7 Å². The first-order valence-corrected chi connectivity index (χ1v) is 11.6. The van der Waals surface area contributed by atoms with Crippen LogP contribution in [0.4, 0.5) is 10.5 Å². The van der Waals surface area contributed by atoms with Crippen LogP contribution in [0.25, 0.3) is 11.0 Å². The summed E-state index contributed by atoms with van der Waals surface area (Å²) in [6.07, 6.45) is -0.395. The monoisotopic (exact) mass is 533 g/mol. The van der Waals surface area contributed by atoms with Gasteiger partial charge in [-0.05, 0) is 36.2 Å². The Morgan fingerprint density at radius 2 is 1.85 bits per heavy atom. The Hall–Kier alpha value is -1.44. The minimum absolute atomic E-state index is 0. The van der Waals surface area contributed by atoms with Gasteiger partial charge in [0.2, 0.25) is 0 Å². The Labute approximate surface area is 247 Å². The van der Waals surface area contributed by atoms with E-state index in [1.54, 1.807) is 37.3 Å². The zero-order chi connectivity index (χ0) is 24.5. The molecule has 0 aliphatic heterocycles. The van der Waals surface area contributed by atoms with Crippen molar-refractivity contribution in [1.82, 2.24) is 9.21 Å². The molecule has 1 heterocycles. The molecule has 0 fully saturated rings. The molecule has 1 aromatic heterocycles. The molecule has 0 saturated carbocycles.